The number of fused-ring (bicyclic) bond motifs is 1. The van der Waals surface area contributed by atoms with Gasteiger partial charge in [0.15, 0.2) is 11.3 Å². The van der Waals surface area contributed by atoms with Gasteiger partial charge >= 0.3 is 5.69 Å². The van der Waals surface area contributed by atoms with E-state index in [0.717, 1.165) is 30.4 Å². The van der Waals surface area contributed by atoms with Crippen molar-refractivity contribution in [3.8, 4) is 5.75 Å². The summed E-state index contributed by atoms with van der Waals surface area (Å²) < 4.78 is 6.50. The Hall–Kier alpha value is -1.73. The lowest BCUT2D eigenvalue weighted by molar-refractivity contribution is -0.384. The van der Waals surface area contributed by atoms with Crippen molar-refractivity contribution in [2.24, 2.45) is 5.73 Å². The van der Waals surface area contributed by atoms with Gasteiger partial charge in [-0.1, -0.05) is 19.3 Å². The van der Waals surface area contributed by atoms with Crippen LogP contribution in [0.15, 0.2) is 17.6 Å². The number of nitro benzene ring substituents is 1. The van der Waals surface area contributed by atoms with E-state index in [4.69, 9.17) is 10.5 Å². The van der Waals surface area contributed by atoms with Gasteiger partial charge < -0.3 is 10.5 Å². The van der Waals surface area contributed by atoms with Crippen molar-refractivity contribution < 1.29 is 9.66 Å². The number of ether oxygens (including phenoxy) is 1. The minimum Gasteiger partial charge on any atom is -0.485 e. The molecule has 2 aromatic rings. The van der Waals surface area contributed by atoms with Gasteiger partial charge in [0.05, 0.1) is 20.7 Å². The summed E-state index contributed by atoms with van der Waals surface area (Å²) in [5, 5.41) is 11.3. The fourth-order valence-corrected chi connectivity index (χ4v) is 3.49. The van der Waals surface area contributed by atoms with E-state index in [0.29, 0.717) is 12.1 Å². The fraction of sp³-hybridized carbons (Fsp3) is 0.500. The highest BCUT2D eigenvalue weighted by Crippen LogP contribution is 2.37. The summed E-state index contributed by atoms with van der Waals surface area (Å²) in [6, 6.07) is 3.45. The lowest BCUT2D eigenvalue weighted by Gasteiger charge is -2.32. The molecule has 1 aliphatic carbocycles. The number of thiazole rings is 1. The zero-order valence-corrected chi connectivity index (χ0v) is 12.4. The van der Waals surface area contributed by atoms with Crippen LogP contribution in [-0.2, 0) is 0 Å². The Balaban J connectivity index is 1.86. The van der Waals surface area contributed by atoms with Gasteiger partial charge in [-0.25, -0.2) is 4.98 Å². The normalized spacial score (nSPS) is 17.8. The van der Waals surface area contributed by atoms with Gasteiger partial charge in [-0.15, -0.1) is 11.3 Å². The van der Waals surface area contributed by atoms with Crippen molar-refractivity contribution in [1.82, 2.24) is 4.98 Å². The van der Waals surface area contributed by atoms with Gasteiger partial charge in [0.25, 0.3) is 0 Å². The van der Waals surface area contributed by atoms with Crippen molar-refractivity contribution in [1.29, 1.82) is 0 Å². The Labute approximate surface area is 126 Å². The molecule has 2 N–H and O–H groups in total. The van der Waals surface area contributed by atoms with Crippen molar-refractivity contribution in [2.75, 3.05) is 6.61 Å². The topological polar surface area (TPSA) is 91.3 Å². The SMILES string of the molecule is NC1(COc2ccc3scnc3c2[N+](=O)[O-])CCCCC1. The monoisotopic (exact) mass is 307 g/mol. The summed E-state index contributed by atoms with van der Waals surface area (Å²) >= 11 is 1.38. The van der Waals surface area contributed by atoms with E-state index < -0.39 is 4.92 Å². The first-order chi connectivity index (χ1) is 10.1. The maximum Gasteiger partial charge on any atom is 0.337 e. The van der Waals surface area contributed by atoms with E-state index >= 15 is 0 Å². The molecule has 7 heteroatoms. The van der Waals surface area contributed by atoms with Gasteiger partial charge in [-0.05, 0) is 25.0 Å². The van der Waals surface area contributed by atoms with E-state index in [1.165, 1.54) is 17.8 Å². The Morgan fingerprint density at radius 2 is 2.14 bits per heavy atom. The molecule has 0 radical (unpaired) electrons. The highest BCUT2D eigenvalue weighted by atomic mass is 32.1. The average molecular weight is 307 g/mol. The number of hydrogen-bond donors (Lipinski definition) is 1. The molecule has 0 amide bonds. The molecule has 0 saturated heterocycles. The summed E-state index contributed by atoms with van der Waals surface area (Å²) in [6.07, 6.45) is 5.18. The second-order valence-electron chi connectivity index (χ2n) is 5.58. The maximum absolute atomic E-state index is 11.3. The third kappa shape index (κ3) is 2.84. The number of benzene rings is 1. The predicted molar refractivity (Wildman–Crippen MR) is 81.8 cm³/mol. The van der Waals surface area contributed by atoms with Gasteiger partial charge in [0.1, 0.15) is 6.61 Å². The third-order valence-corrected chi connectivity index (χ3v) is 4.78. The molecule has 1 fully saturated rings. The number of rotatable bonds is 4. The quantitative estimate of drug-likeness (QED) is 0.691. The van der Waals surface area contributed by atoms with Gasteiger partial charge in [0, 0.05) is 0 Å². The molecule has 1 aliphatic rings. The van der Waals surface area contributed by atoms with Crippen LogP contribution >= 0.6 is 11.3 Å². The minimum atomic E-state index is -0.429. The molecule has 21 heavy (non-hydrogen) atoms. The molecular weight excluding hydrogens is 290 g/mol. The summed E-state index contributed by atoms with van der Waals surface area (Å²) in [4.78, 5) is 15.0. The molecule has 0 atom stereocenters. The summed E-state index contributed by atoms with van der Waals surface area (Å²) in [6.45, 7) is 0.309. The molecule has 3 rings (SSSR count). The Kier molecular flexibility index (Phi) is 3.77. The van der Waals surface area contributed by atoms with Crippen LogP contribution in [0.25, 0.3) is 10.2 Å². The molecule has 0 unspecified atom stereocenters. The Bertz CT molecular complexity index is 665. The first-order valence-electron chi connectivity index (χ1n) is 7.01. The third-order valence-electron chi connectivity index (χ3n) is 3.99. The number of aromatic nitrogens is 1. The first kappa shape index (κ1) is 14.2. The summed E-state index contributed by atoms with van der Waals surface area (Å²) in [7, 11) is 0. The van der Waals surface area contributed by atoms with E-state index in [1.54, 1.807) is 17.6 Å². The van der Waals surface area contributed by atoms with Crippen molar-refractivity contribution in [3.63, 3.8) is 0 Å². The van der Waals surface area contributed by atoms with Gasteiger partial charge in [0.2, 0.25) is 0 Å². The van der Waals surface area contributed by atoms with Crippen LogP contribution < -0.4 is 10.5 Å². The first-order valence-corrected chi connectivity index (χ1v) is 7.89. The highest BCUT2D eigenvalue weighted by molar-refractivity contribution is 7.16. The largest absolute Gasteiger partial charge is 0.485 e. The lowest BCUT2D eigenvalue weighted by Crippen LogP contribution is -2.47. The van der Waals surface area contributed by atoms with Crippen molar-refractivity contribution in [2.45, 2.75) is 37.6 Å². The fourth-order valence-electron chi connectivity index (χ4n) is 2.81. The van der Waals surface area contributed by atoms with Crippen LogP contribution in [-0.4, -0.2) is 22.1 Å². The molecule has 1 saturated carbocycles. The average Bonchev–Trinajstić information content (AvgIpc) is 2.93. The zero-order valence-electron chi connectivity index (χ0n) is 11.6. The number of nitrogens with two attached hydrogens (primary N) is 1. The van der Waals surface area contributed by atoms with Crippen LogP contribution in [0.2, 0.25) is 0 Å². The smallest absolute Gasteiger partial charge is 0.337 e. The Morgan fingerprint density at radius 1 is 1.38 bits per heavy atom. The molecule has 1 heterocycles. The van der Waals surface area contributed by atoms with Crippen LogP contribution in [0.5, 0.6) is 5.75 Å². The maximum atomic E-state index is 11.3. The highest BCUT2D eigenvalue weighted by Gasteiger charge is 2.30. The van der Waals surface area contributed by atoms with E-state index in [1.807, 2.05) is 0 Å². The number of nitro groups is 1. The molecule has 112 valence electrons. The molecule has 1 aromatic carbocycles. The van der Waals surface area contributed by atoms with E-state index in [-0.39, 0.29) is 17.0 Å². The predicted octanol–water partition coefficient (Wildman–Crippen LogP) is 3.24. The van der Waals surface area contributed by atoms with Gasteiger partial charge in [-0.2, -0.15) is 0 Å². The van der Waals surface area contributed by atoms with Crippen LogP contribution in [0.4, 0.5) is 5.69 Å². The molecule has 6 nitrogen and oxygen atoms in total. The standard InChI is InChI=1S/C14H17N3O3S/c15-14(6-2-1-3-7-14)8-20-10-4-5-11-12(16-9-21-11)13(10)17(18)19/h4-5,9H,1-3,6-8,15H2. The van der Waals surface area contributed by atoms with E-state index in [9.17, 15) is 10.1 Å². The minimum absolute atomic E-state index is 0.0619. The Morgan fingerprint density at radius 3 is 2.86 bits per heavy atom. The molecular formula is C14H17N3O3S. The van der Waals surface area contributed by atoms with Crippen molar-refractivity contribution in [3.05, 3.63) is 27.8 Å². The summed E-state index contributed by atoms with van der Waals surface area (Å²) in [5.74, 6) is 0.258. The number of hydrogen-bond acceptors (Lipinski definition) is 6. The molecule has 0 spiro atoms. The van der Waals surface area contributed by atoms with Crippen molar-refractivity contribution >= 4 is 27.2 Å². The molecule has 0 aliphatic heterocycles. The van der Waals surface area contributed by atoms with Gasteiger partial charge in [-0.3, -0.25) is 10.1 Å². The molecule has 0 bridgehead atoms. The summed E-state index contributed by atoms with van der Waals surface area (Å²) in [5.41, 5.74) is 7.87. The van der Waals surface area contributed by atoms with Crippen LogP contribution in [0.1, 0.15) is 32.1 Å². The van der Waals surface area contributed by atoms with Crippen LogP contribution in [0.3, 0.4) is 0 Å². The van der Waals surface area contributed by atoms with Crippen LogP contribution in [0, 0.1) is 10.1 Å². The second kappa shape index (κ2) is 5.57. The zero-order chi connectivity index (χ0) is 14.9. The molecule has 1 aromatic heterocycles. The van der Waals surface area contributed by atoms with E-state index in [2.05, 4.69) is 4.98 Å². The second-order valence-corrected chi connectivity index (χ2v) is 6.47. The number of nitrogens with zero attached hydrogens (tertiary/aromatic N) is 2. The lowest BCUT2D eigenvalue weighted by atomic mass is 9.83.